The molecule has 4 heteroatoms. The third-order valence-electron chi connectivity index (χ3n) is 40.2. The topological polar surface area (TPSA) is 44.8 Å². The van der Waals surface area contributed by atoms with Crippen LogP contribution in [0, 0.1) is 92.6 Å². The fourth-order valence-electron chi connectivity index (χ4n) is 29.4. The molecule has 0 aliphatic carbocycles. The summed E-state index contributed by atoms with van der Waals surface area (Å²) in [5.41, 5.74) is 1.32. The van der Waals surface area contributed by atoms with Gasteiger partial charge in [-0.3, -0.25) is 4.79 Å². The van der Waals surface area contributed by atoms with Crippen molar-refractivity contribution < 1.29 is 19.0 Å². The van der Waals surface area contributed by atoms with Crippen molar-refractivity contribution in [2.24, 2.45) is 92.6 Å². The first kappa shape index (κ1) is 115. The van der Waals surface area contributed by atoms with E-state index in [0.717, 1.165) is 18.6 Å². The smallest absolute Gasteiger partial charge is 0.309 e. The van der Waals surface area contributed by atoms with E-state index in [1.807, 2.05) is 0 Å². The van der Waals surface area contributed by atoms with Crippen LogP contribution < -0.4 is 4.74 Å². The minimum absolute atomic E-state index is 0.0351. The Morgan fingerprint density at radius 2 is 0.455 bits per heavy atom. The van der Waals surface area contributed by atoms with Crippen molar-refractivity contribution in [2.75, 3.05) is 26.4 Å². The van der Waals surface area contributed by atoms with Crippen LogP contribution in [0.1, 0.15) is 563 Å². The summed E-state index contributed by atoms with van der Waals surface area (Å²) in [7, 11) is 0. The number of hydrogen-bond donors (Lipinski definition) is 0. The second-order valence-corrected chi connectivity index (χ2v) is 44.2. The molecule has 1 atom stereocenters. The number of carbonyl (C=O) groups excluding carboxylic acids is 1. The lowest BCUT2D eigenvalue weighted by molar-refractivity contribution is -0.156. The predicted molar refractivity (Wildman–Crippen MR) is 542 cm³/mol. The molecule has 0 aliphatic heterocycles. The number of ether oxygens (including phenoxy) is 3. The van der Waals surface area contributed by atoms with E-state index in [4.69, 9.17) is 14.2 Å². The van der Waals surface area contributed by atoms with Crippen LogP contribution in [-0.2, 0) is 14.3 Å². The molecular weight excluding hydrogens is 1470 g/mol. The van der Waals surface area contributed by atoms with Gasteiger partial charge in [-0.1, -0.05) is 478 Å². The molecule has 2 aromatic rings. The first-order valence-electron chi connectivity index (χ1n) is 54.4. The van der Waals surface area contributed by atoms with E-state index in [0.29, 0.717) is 19.8 Å². The lowest BCUT2D eigenvalue weighted by atomic mass is 9.42. The Morgan fingerprint density at radius 3 is 0.686 bits per heavy atom. The number of carbonyl (C=O) groups is 1. The Bertz CT molecular complexity index is 2690. The van der Waals surface area contributed by atoms with Gasteiger partial charge in [-0.25, -0.2) is 0 Å². The van der Waals surface area contributed by atoms with Gasteiger partial charge in [-0.15, -0.1) is 0 Å². The van der Waals surface area contributed by atoms with Gasteiger partial charge in [-0.2, -0.15) is 0 Å². The van der Waals surface area contributed by atoms with Crippen LogP contribution >= 0.6 is 0 Å². The molecule has 712 valence electrons. The quantitative estimate of drug-likeness (QED) is 0.0489. The molecule has 0 aromatic heterocycles. The third-order valence-corrected chi connectivity index (χ3v) is 40.2. The van der Waals surface area contributed by atoms with Crippen LogP contribution in [0.2, 0.25) is 0 Å². The number of rotatable bonds is 75. The molecule has 0 N–H and O–H groups in total. The van der Waals surface area contributed by atoms with E-state index in [-0.39, 0.29) is 105 Å². The molecule has 121 heavy (non-hydrogen) atoms. The minimum atomic E-state index is -0.319. The highest BCUT2D eigenvalue weighted by Gasteiger charge is 2.62. The highest BCUT2D eigenvalue weighted by molar-refractivity contribution is 5.83. The van der Waals surface area contributed by atoms with Gasteiger partial charge in [0.25, 0.3) is 0 Å². The number of hydrogen-bond acceptors (Lipinski definition) is 4. The van der Waals surface area contributed by atoms with Gasteiger partial charge in [0.05, 0.1) is 19.1 Å². The van der Waals surface area contributed by atoms with Gasteiger partial charge >= 0.3 is 5.97 Å². The van der Waals surface area contributed by atoms with Crippen molar-refractivity contribution in [3.8, 4) is 5.75 Å². The summed E-state index contributed by atoms with van der Waals surface area (Å²) in [5, 5.41) is 2.39. The molecular formula is C117H220O4. The molecule has 0 saturated heterocycles. The maximum Gasteiger partial charge on any atom is 0.309 e. The van der Waals surface area contributed by atoms with Gasteiger partial charge in [0.1, 0.15) is 19.0 Å². The molecule has 1 unspecified atom stereocenters. The Morgan fingerprint density at radius 1 is 0.240 bits per heavy atom. The van der Waals surface area contributed by atoms with Crippen molar-refractivity contribution in [1.82, 2.24) is 0 Å². The Kier molecular flexibility index (Phi) is 50.7. The third kappa shape index (κ3) is 30.2. The summed E-state index contributed by atoms with van der Waals surface area (Å²) < 4.78 is 20.1. The predicted octanol–water partition coefficient (Wildman–Crippen LogP) is 39.7. The number of benzene rings is 2. The largest absolute Gasteiger partial charge is 0.491 e. The lowest BCUT2D eigenvalue weighted by Crippen LogP contribution is -2.52. The molecule has 0 bridgehead atoms. The number of fused-ring (bicyclic) bond motifs is 1. The average Bonchev–Trinajstić information content (AvgIpc) is 0.722. The highest BCUT2D eigenvalue weighted by atomic mass is 16.6. The van der Waals surface area contributed by atoms with Crippen LogP contribution in [0.3, 0.4) is 0 Å². The van der Waals surface area contributed by atoms with Crippen LogP contribution in [-0.4, -0.2) is 32.4 Å². The molecule has 4 nitrogen and oxygen atoms in total. The molecule has 0 spiro atoms. The summed E-state index contributed by atoms with van der Waals surface area (Å²) >= 11 is 0. The minimum Gasteiger partial charge on any atom is -0.491 e. The van der Waals surface area contributed by atoms with Crippen LogP contribution in [0.4, 0.5) is 0 Å². The normalized spacial score (nSPS) is 14.4. The fourth-order valence-corrected chi connectivity index (χ4v) is 29.4. The monoisotopic (exact) mass is 1690 g/mol. The zero-order valence-corrected chi connectivity index (χ0v) is 89.1. The highest BCUT2D eigenvalue weighted by Crippen LogP contribution is 2.73. The molecule has 0 radical (unpaired) electrons. The Labute approximate surface area is 761 Å². The van der Waals surface area contributed by atoms with E-state index in [1.54, 1.807) is 0 Å². The fraction of sp³-hybridized carbons (Fsp3) is 0.906. The second kappa shape index (κ2) is 53.3. The van der Waals surface area contributed by atoms with Gasteiger partial charge < -0.3 is 14.2 Å². The van der Waals surface area contributed by atoms with Gasteiger partial charge in [0, 0.05) is 0 Å². The molecule has 0 aliphatic rings. The van der Waals surface area contributed by atoms with Gasteiger partial charge in [-0.05, 0) is 225 Å². The van der Waals surface area contributed by atoms with Crippen LogP contribution in [0.25, 0.3) is 10.8 Å². The first-order chi connectivity index (χ1) is 57.5. The first-order valence-corrected chi connectivity index (χ1v) is 54.4. The van der Waals surface area contributed by atoms with Crippen molar-refractivity contribution in [3.05, 3.63) is 42.5 Å². The Hall–Kier alpha value is -2.07. The van der Waals surface area contributed by atoms with E-state index in [9.17, 15) is 0 Å². The summed E-state index contributed by atoms with van der Waals surface area (Å²) in [6.45, 7) is 91.3. The van der Waals surface area contributed by atoms with E-state index in [1.165, 1.54) is 325 Å². The average molecular weight is 1690 g/mol. The van der Waals surface area contributed by atoms with E-state index < -0.39 is 0 Å². The number of esters is 1. The molecule has 0 amide bonds. The molecule has 2 rings (SSSR count). The summed E-state index contributed by atoms with van der Waals surface area (Å²) in [4.78, 5) is 17.2. The molecule has 0 saturated carbocycles. The maximum atomic E-state index is 17.2. The van der Waals surface area contributed by atoms with Crippen LogP contribution in [0.5, 0.6) is 5.75 Å². The molecule has 0 fully saturated rings. The summed E-state index contributed by atoms with van der Waals surface area (Å²) in [5.74, 6) is 0.609. The van der Waals surface area contributed by atoms with E-state index >= 15 is 4.79 Å². The van der Waals surface area contributed by atoms with Crippen molar-refractivity contribution in [2.45, 2.75) is 563 Å². The zero-order chi connectivity index (χ0) is 91.8. The van der Waals surface area contributed by atoms with Crippen LogP contribution in [0.15, 0.2) is 42.5 Å². The molecule has 0 heterocycles. The van der Waals surface area contributed by atoms with Crippen molar-refractivity contribution in [1.29, 1.82) is 0 Å². The standard InChI is InChI=1S/C117H220O4/c1-35-75-112(67-33,68-34)92-116(88-108(55-21,56-22)57-23,89-109(58-24,59-25)60-26)96-117(90-110(61-27,62-28)63-29,91-111(64-30,65-31)66-32)95-113(81-97(36-2)101(118)121-79-77-119-76-78-120-100-74-73-98-71-69-70-72-99(98)80-100,93-114(82-102(37-3,38-4)39-5,83-103(40-6,41-7)42-8)84-104(43-9,44-10)45-11)94-115(85-105(46-12,47-13)48-14,86-106(49-15,50-16)51-17)87-107(52-18,53-19)54-20/h69-74,80,97H,35-68,75-79,81-96H2,1-34H3. The summed E-state index contributed by atoms with van der Waals surface area (Å²) in [6.07, 6.45) is 62.2. The zero-order valence-electron chi connectivity index (χ0n) is 89.1. The summed E-state index contributed by atoms with van der Waals surface area (Å²) in [6, 6.07) is 14.9. The van der Waals surface area contributed by atoms with Gasteiger partial charge in [0.2, 0.25) is 0 Å². The second-order valence-electron chi connectivity index (χ2n) is 44.2. The maximum absolute atomic E-state index is 17.2. The van der Waals surface area contributed by atoms with Crippen molar-refractivity contribution >= 4 is 16.7 Å². The van der Waals surface area contributed by atoms with Gasteiger partial charge in [0.15, 0.2) is 0 Å². The Balaban J connectivity index is 4.46. The molecule has 2 aromatic carbocycles. The van der Waals surface area contributed by atoms with Crippen molar-refractivity contribution in [3.63, 3.8) is 0 Å². The van der Waals surface area contributed by atoms with E-state index in [2.05, 4.69) is 278 Å². The SMILES string of the molecule is CCCC(CC)(CC)CC(CC(CC)(CC)CC)(CC(CC)(CC)CC)CC(CC(CC)(CC)CC)(CC(CC)(CC)CC)CC(CC(CC)C(=O)OCCOCCOc1ccc2ccccc2c1)(CC(CC(CC)(CC)CC)(CC(CC)(CC)CC)CC(CC)(CC)CC)CC(CC(CC)(CC)CC)(CC(CC)(CC)CC)CC(CC)(CC)CC. The lowest BCUT2D eigenvalue weighted by Gasteiger charge is -2.62.